The number of rotatable bonds is 8. The third-order valence-corrected chi connectivity index (χ3v) is 5.12. The fourth-order valence-corrected chi connectivity index (χ4v) is 2.77. The molecule has 0 aliphatic rings. The van der Waals surface area contributed by atoms with Crippen molar-refractivity contribution in [2.45, 2.75) is 19.9 Å². The highest BCUT2D eigenvalue weighted by molar-refractivity contribution is 7.89. The Morgan fingerprint density at radius 3 is 2.20 bits per heavy atom. The van der Waals surface area contributed by atoms with Gasteiger partial charge in [-0.05, 0) is 48.7 Å². The minimum Gasteiger partial charge on any atom is -0.399 e. The predicted octanol–water partition coefficient (Wildman–Crippen LogP) is 1.68. The van der Waals surface area contributed by atoms with Crippen molar-refractivity contribution in [3.63, 3.8) is 0 Å². The van der Waals surface area contributed by atoms with Gasteiger partial charge < -0.3 is 11.1 Å². The lowest BCUT2D eigenvalue weighted by Gasteiger charge is -2.08. The van der Waals surface area contributed by atoms with Crippen LogP contribution in [0.4, 0.5) is 5.69 Å². The van der Waals surface area contributed by atoms with Crippen LogP contribution >= 0.6 is 0 Å². The molecule has 4 N–H and O–H groups in total. The van der Waals surface area contributed by atoms with Crippen LogP contribution in [0.1, 0.15) is 28.4 Å². The molecule has 0 bridgehead atoms. The molecule has 7 heteroatoms. The molecule has 2 aromatic rings. The number of nitrogen functional groups attached to an aromatic ring is 1. The van der Waals surface area contributed by atoms with E-state index < -0.39 is 10.0 Å². The summed E-state index contributed by atoms with van der Waals surface area (Å²) in [6.07, 6.45) is 0.725. The summed E-state index contributed by atoms with van der Waals surface area (Å²) in [5, 5.41) is 2.87. The van der Waals surface area contributed by atoms with Crippen LogP contribution in [0.3, 0.4) is 0 Å². The molecule has 0 fully saturated rings. The van der Waals surface area contributed by atoms with Gasteiger partial charge in [-0.25, -0.2) is 13.1 Å². The fourth-order valence-electron chi connectivity index (χ4n) is 2.18. The SMILES string of the molecule is CCS(=O)(=O)NCc1ccc(C(=O)NCCc2ccc(N)cc2)cc1. The fraction of sp³-hybridized carbons (Fsp3) is 0.278. The molecule has 134 valence electrons. The number of sulfonamides is 1. The van der Waals surface area contributed by atoms with E-state index in [1.165, 1.54) is 0 Å². The Morgan fingerprint density at radius 1 is 1.00 bits per heavy atom. The van der Waals surface area contributed by atoms with E-state index in [1.54, 1.807) is 31.2 Å². The average Bonchev–Trinajstić information content (AvgIpc) is 2.62. The molecule has 1 amide bonds. The molecule has 2 rings (SSSR count). The van der Waals surface area contributed by atoms with Crippen molar-refractivity contribution < 1.29 is 13.2 Å². The lowest BCUT2D eigenvalue weighted by atomic mass is 10.1. The topological polar surface area (TPSA) is 101 Å². The Bertz CT molecular complexity index is 800. The largest absolute Gasteiger partial charge is 0.399 e. The highest BCUT2D eigenvalue weighted by Crippen LogP contribution is 2.07. The van der Waals surface area contributed by atoms with E-state index in [0.29, 0.717) is 17.8 Å². The second-order valence-electron chi connectivity index (χ2n) is 5.67. The number of hydrogen-bond acceptors (Lipinski definition) is 4. The molecule has 6 nitrogen and oxygen atoms in total. The number of nitrogens with one attached hydrogen (secondary N) is 2. The Morgan fingerprint density at radius 2 is 1.60 bits per heavy atom. The molecule has 0 aliphatic carbocycles. The summed E-state index contributed by atoms with van der Waals surface area (Å²) in [6, 6.07) is 14.4. The Labute approximate surface area is 148 Å². The van der Waals surface area contributed by atoms with E-state index >= 15 is 0 Å². The van der Waals surface area contributed by atoms with Crippen molar-refractivity contribution in [3.8, 4) is 0 Å². The first-order chi connectivity index (χ1) is 11.9. The number of carbonyl (C=O) groups is 1. The maximum Gasteiger partial charge on any atom is 0.251 e. The predicted molar refractivity (Wildman–Crippen MR) is 99.6 cm³/mol. The quantitative estimate of drug-likeness (QED) is 0.623. The van der Waals surface area contributed by atoms with Gasteiger partial charge in [0.2, 0.25) is 10.0 Å². The van der Waals surface area contributed by atoms with Gasteiger partial charge in [0.1, 0.15) is 0 Å². The van der Waals surface area contributed by atoms with E-state index in [0.717, 1.165) is 17.5 Å². The summed E-state index contributed by atoms with van der Waals surface area (Å²) in [4.78, 5) is 12.1. The Balaban J connectivity index is 1.82. The molecule has 25 heavy (non-hydrogen) atoms. The zero-order valence-corrected chi connectivity index (χ0v) is 15.0. The van der Waals surface area contributed by atoms with Crippen molar-refractivity contribution in [2.75, 3.05) is 18.0 Å². The van der Waals surface area contributed by atoms with Crippen molar-refractivity contribution in [1.29, 1.82) is 0 Å². The number of amides is 1. The summed E-state index contributed by atoms with van der Waals surface area (Å²) in [5.74, 6) is -0.113. The van der Waals surface area contributed by atoms with Gasteiger partial charge in [0.15, 0.2) is 0 Å². The standard InChI is InChI=1S/C18H23N3O3S/c1-2-25(23,24)21-13-15-3-7-16(8-4-15)18(22)20-12-11-14-5-9-17(19)10-6-14/h3-10,21H,2,11-13,19H2,1H3,(H,20,22). The molecule has 2 aromatic carbocycles. The number of nitrogens with two attached hydrogens (primary N) is 1. The summed E-state index contributed by atoms with van der Waals surface area (Å²) < 4.78 is 25.3. The molecule has 0 heterocycles. The molecule has 0 aliphatic heterocycles. The van der Waals surface area contributed by atoms with Gasteiger partial charge in [-0.15, -0.1) is 0 Å². The van der Waals surface area contributed by atoms with E-state index in [4.69, 9.17) is 5.73 Å². The van der Waals surface area contributed by atoms with E-state index in [2.05, 4.69) is 10.0 Å². The molecule has 0 atom stereocenters. The molecular formula is C18H23N3O3S. The van der Waals surface area contributed by atoms with Crippen LogP contribution in [-0.2, 0) is 23.0 Å². The number of hydrogen-bond donors (Lipinski definition) is 3. The van der Waals surface area contributed by atoms with Crippen molar-refractivity contribution >= 4 is 21.6 Å². The second-order valence-corrected chi connectivity index (χ2v) is 7.76. The summed E-state index contributed by atoms with van der Waals surface area (Å²) in [7, 11) is -3.22. The monoisotopic (exact) mass is 361 g/mol. The van der Waals surface area contributed by atoms with Gasteiger partial charge >= 0.3 is 0 Å². The third kappa shape index (κ3) is 6.21. The lowest BCUT2D eigenvalue weighted by Crippen LogP contribution is -2.26. The molecule has 0 spiro atoms. The lowest BCUT2D eigenvalue weighted by molar-refractivity contribution is 0.0954. The first-order valence-electron chi connectivity index (χ1n) is 8.08. The van der Waals surface area contributed by atoms with Gasteiger partial charge in [0.05, 0.1) is 5.75 Å². The van der Waals surface area contributed by atoms with Crippen molar-refractivity contribution in [2.24, 2.45) is 0 Å². The first kappa shape index (κ1) is 19.0. The van der Waals surface area contributed by atoms with Crippen LogP contribution in [0.2, 0.25) is 0 Å². The van der Waals surface area contributed by atoms with Gasteiger partial charge in [0.25, 0.3) is 5.91 Å². The number of anilines is 1. The zero-order chi connectivity index (χ0) is 18.3. The van der Waals surface area contributed by atoms with Gasteiger partial charge in [-0.3, -0.25) is 4.79 Å². The van der Waals surface area contributed by atoms with Crippen LogP contribution < -0.4 is 15.8 Å². The molecule has 0 aromatic heterocycles. The summed E-state index contributed by atoms with van der Waals surface area (Å²) in [6.45, 7) is 2.33. The Hall–Kier alpha value is -2.38. The third-order valence-electron chi connectivity index (χ3n) is 3.77. The van der Waals surface area contributed by atoms with E-state index in [9.17, 15) is 13.2 Å². The minimum atomic E-state index is -3.22. The molecule has 0 unspecified atom stereocenters. The maximum absolute atomic E-state index is 12.1. The molecular weight excluding hydrogens is 338 g/mol. The van der Waals surface area contributed by atoms with Crippen LogP contribution in [0.5, 0.6) is 0 Å². The molecule has 0 saturated heterocycles. The zero-order valence-electron chi connectivity index (χ0n) is 14.2. The highest BCUT2D eigenvalue weighted by atomic mass is 32.2. The minimum absolute atomic E-state index is 0.0432. The van der Waals surface area contributed by atoms with E-state index in [-0.39, 0.29) is 18.2 Å². The van der Waals surface area contributed by atoms with Crippen LogP contribution in [0, 0.1) is 0 Å². The molecule has 0 saturated carbocycles. The Kier molecular flexibility index (Phi) is 6.55. The van der Waals surface area contributed by atoms with Crippen molar-refractivity contribution in [3.05, 3.63) is 65.2 Å². The van der Waals surface area contributed by atoms with Crippen LogP contribution in [0.15, 0.2) is 48.5 Å². The first-order valence-corrected chi connectivity index (χ1v) is 9.74. The normalized spacial score (nSPS) is 11.2. The number of carbonyl (C=O) groups excluding carboxylic acids is 1. The number of benzene rings is 2. The maximum atomic E-state index is 12.1. The van der Waals surface area contributed by atoms with Crippen LogP contribution in [0.25, 0.3) is 0 Å². The summed E-state index contributed by atoms with van der Waals surface area (Å²) in [5.41, 5.74) is 8.80. The van der Waals surface area contributed by atoms with Gasteiger partial charge in [-0.1, -0.05) is 24.3 Å². The second kappa shape index (κ2) is 8.64. The van der Waals surface area contributed by atoms with Gasteiger partial charge in [0, 0.05) is 24.3 Å². The summed E-state index contributed by atoms with van der Waals surface area (Å²) >= 11 is 0. The van der Waals surface area contributed by atoms with Crippen LogP contribution in [-0.4, -0.2) is 26.6 Å². The average molecular weight is 361 g/mol. The molecule has 0 radical (unpaired) electrons. The highest BCUT2D eigenvalue weighted by Gasteiger charge is 2.08. The van der Waals surface area contributed by atoms with Gasteiger partial charge in [-0.2, -0.15) is 0 Å². The van der Waals surface area contributed by atoms with E-state index in [1.807, 2.05) is 24.3 Å². The van der Waals surface area contributed by atoms with Crippen molar-refractivity contribution in [1.82, 2.24) is 10.0 Å². The smallest absolute Gasteiger partial charge is 0.251 e.